The average molecular weight is 308 g/mol. The van der Waals surface area contributed by atoms with Crippen LogP contribution in [-0.4, -0.2) is 75.5 Å². The van der Waals surface area contributed by atoms with Gasteiger partial charge in [-0.3, -0.25) is 0 Å². The Morgan fingerprint density at radius 3 is 2.18 bits per heavy atom. The van der Waals surface area contributed by atoms with Crippen LogP contribution in [0.5, 0.6) is 5.75 Å². The molecule has 1 aromatic carbocycles. The summed E-state index contributed by atoms with van der Waals surface area (Å²) < 4.78 is 15.0. The van der Waals surface area contributed by atoms with Crippen LogP contribution in [0.4, 0.5) is 0 Å². The SMILES string of the molecule is Cc1ccc(C(C)C)c(OP(=O)([O-])[O-])c1.[Ca+2].[Ca+2]. The maximum atomic E-state index is 10.5. The van der Waals surface area contributed by atoms with Gasteiger partial charge in [0.05, 0.1) is 0 Å². The van der Waals surface area contributed by atoms with Gasteiger partial charge in [-0.25, -0.2) is 0 Å². The fraction of sp³-hybridized carbons (Fsp3) is 0.400. The molecular formula is C10H13Ca2O4P+2. The van der Waals surface area contributed by atoms with Gasteiger partial charge < -0.3 is 18.9 Å². The van der Waals surface area contributed by atoms with Crippen LogP contribution in [0, 0.1) is 6.92 Å². The summed E-state index contributed by atoms with van der Waals surface area (Å²) in [6.07, 6.45) is 0. The second-order valence-electron chi connectivity index (χ2n) is 3.73. The number of rotatable bonds is 3. The molecule has 0 spiro atoms. The van der Waals surface area contributed by atoms with E-state index < -0.39 is 7.82 Å². The molecule has 17 heavy (non-hydrogen) atoms. The van der Waals surface area contributed by atoms with Gasteiger partial charge in [-0.15, -0.1) is 0 Å². The van der Waals surface area contributed by atoms with E-state index in [4.69, 9.17) is 0 Å². The molecule has 0 amide bonds. The molecule has 0 saturated heterocycles. The van der Waals surface area contributed by atoms with Gasteiger partial charge >= 0.3 is 75.5 Å². The first-order valence-corrected chi connectivity index (χ1v) is 6.08. The minimum atomic E-state index is -4.97. The average Bonchev–Trinajstić information content (AvgIpc) is 1.99. The predicted molar refractivity (Wildman–Crippen MR) is 65.0 cm³/mol. The Hall–Kier alpha value is 1.69. The first-order valence-electron chi connectivity index (χ1n) is 4.62. The molecule has 84 valence electrons. The normalized spacial score (nSPS) is 10.5. The third-order valence-corrected chi connectivity index (χ3v) is 2.42. The van der Waals surface area contributed by atoms with E-state index in [1.807, 2.05) is 19.9 Å². The first-order chi connectivity index (χ1) is 6.79. The molecule has 0 unspecified atom stereocenters. The van der Waals surface area contributed by atoms with E-state index in [2.05, 4.69) is 4.52 Å². The van der Waals surface area contributed by atoms with Crippen LogP contribution in [0.2, 0.25) is 0 Å². The molecule has 1 aromatic rings. The van der Waals surface area contributed by atoms with Gasteiger partial charge in [0, 0.05) is 0 Å². The van der Waals surface area contributed by atoms with Crippen molar-refractivity contribution >= 4 is 83.3 Å². The zero-order valence-corrected chi connectivity index (χ0v) is 15.6. The third kappa shape index (κ3) is 7.76. The topological polar surface area (TPSA) is 72.4 Å². The number of benzene rings is 1. The summed E-state index contributed by atoms with van der Waals surface area (Å²) in [6.45, 7) is 5.60. The molecule has 0 N–H and O–H groups in total. The maximum Gasteiger partial charge on any atom is 2.00 e. The van der Waals surface area contributed by atoms with Crippen LogP contribution in [-0.2, 0) is 4.57 Å². The van der Waals surface area contributed by atoms with Gasteiger partial charge in [0.25, 0.3) is 0 Å². The molecule has 0 saturated carbocycles. The van der Waals surface area contributed by atoms with E-state index >= 15 is 0 Å². The fourth-order valence-corrected chi connectivity index (χ4v) is 1.72. The Morgan fingerprint density at radius 2 is 1.76 bits per heavy atom. The Bertz CT molecular complexity index is 403. The van der Waals surface area contributed by atoms with E-state index in [1.165, 1.54) is 0 Å². The van der Waals surface area contributed by atoms with Crippen molar-refractivity contribution in [3.8, 4) is 5.75 Å². The molecule has 0 atom stereocenters. The van der Waals surface area contributed by atoms with Gasteiger partial charge in [-0.1, -0.05) is 26.0 Å². The molecule has 0 aliphatic heterocycles. The molecule has 0 aliphatic rings. The maximum absolute atomic E-state index is 10.5. The van der Waals surface area contributed by atoms with Crippen LogP contribution in [0.1, 0.15) is 30.9 Å². The molecule has 0 heterocycles. The molecule has 1 rings (SSSR count). The molecule has 7 heteroatoms. The minimum Gasteiger partial charge on any atom is -0.780 e. The Balaban J connectivity index is 0. The molecule has 0 fully saturated rings. The summed E-state index contributed by atoms with van der Waals surface area (Å²) in [4.78, 5) is 21.1. The van der Waals surface area contributed by atoms with Gasteiger partial charge in [0.15, 0.2) is 0 Å². The number of phosphoric ester groups is 1. The number of hydrogen-bond acceptors (Lipinski definition) is 4. The van der Waals surface area contributed by atoms with Crippen molar-refractivity contribution in [1.29, 1.82) is 0 Å². The van der Waals surface area contributed by atoms with E-state index in [9.17, 15) is 14.4 Å². The van der Waals surface area contributed by atoms with Gasteiger partial charge in [0.1, 0.15) is 13.6 Å². The summed E-state index contributed by atoms with van der Waals surface area (Å²) in [5.41, 5.74) is 1.57. The smallest absolute Gasteiger partial charge is 0.780 e. The van der Waals surface area contributed by atoms with Crippen molar-refractivity contribution in [3.05, 3.63) is 29.3 Å². The number of hydrogen-bond donors (Lipinski definition) is 0. The van der Waals surface area contributed by atoms with Crippen LogP contribution >= 0.6 is 7.82 Å². The summed E-state index contributed by atoms with van der Waals surface area (Å²) >= 11 is 0. The second kappa shape index (κ2) is 8.78. The van der Waals surface area contributed by atoms with Gasteiger partial charge in [0.2, 0.25) is 0 Å². The van der Waals surface area contributed by atoms with Gasteiger partial charge in [-0.2, -0.15) is 0 Å². The Morgan fingerprint density at radius 1 is 1.24 bits per heavy atom. The molecule has 0 radical (unpaired) electrons. The Kier molecular flexibility index (Phi) is 10.8. The largest absolute Gasteiger partial charge is 2.00 e. The molecular weight excluding hydrogens is 295 g/mol. The van der Waals surface area contributed by atoms with Crippen molar-refractivity contribution < 1.29 is 18.9 Å². The molecule has 0 aromatic heterocycles. The Labute approximate surface area is 161 Å². The van der Waals surface area contributed by atoms with Crippen molar-refractivity contribution in [2.45, 2.75) is 26.7 Å². The van der Waals surface area contributed by atoms with Crippen LogP contribution < -0.4 is 14.3 Å². The van der Waals surface area contributed by atoms with E-state index in [0.717, 1.165) is 5.56 Å². The summed E-state index contributed by atoms with van der Waals surface area (Å²) in [6, 6.07) is 5.17. The van der Waals surface area contributed by atoms with Crippen molar-refractivity contribution in [1.82, 2.24) is 0 Å². The van der Waals surface area contributed by atoms with E-state index in [-0.39, 0.29) is 87.1 Å². The van der Waals surface area contributed by atoms with E-state index in [0.29, 0.717) is 5.56 Å². The predicted octanol–water partition coefficient (Wildman–Crippen LogP) is 0.564. The summed E-state index contributed by atoms with van der Waals surface area (Å²) in [5, 5.41) is 0. The molecule has 0 aliphatic carbocycles. The quantitative estimate of drug-likeness (QED) is 0.604. The van der Waals surface area contributed by atoms with Crippen molar-refractivity contribution in [2.75, 3.05) is 0 Å². The first kappa shape index (κ1) is 21.0. The van der Waals surface area contributed by atoms with Crippen LogP contribution in [0.25, 0.3) is 0 Å². The van der Waals surface area contributed by atoms with Crippen molar-refractivity contribution in [2.24, 2.45) is 0 Å². The fourth-order valence-electron chi connectivity index (χ4n) is 1.32. The van der Waals surface area contributed by atoms with Gasteiger partial charge in [-0.05, 0) is 30.0 Å². The summed E-state index contributed by atoms with van der Waals surface area (Å²) in [7, 11) is -4.97. The number of phosphoric acid groups is 1. The monoisotopic (exact) mass is 308 g/mol. The standard InChI is InChI=1S/C10H15O4P.2Ca/c1-7(2)9-5-4-8(3)6-10(9)14-15(11,12)13;;/h4-7H,1-3H3,(H2,11,12,13);;/q;2*+2/p-2. The van der Waals surface area contributed by atoms with Crippen LogP contribution in [0.3, 0.4) is 0 Å². The molecule has 0 bridgehead atoms. The second-order valence-corrected chi connectivity index (χ2v) is 4.81. The molecule has 4 nitrogen and oxygen atoms in total. The van der Waals surface area contributed by atoms with Crippen LogP contribution in [0.15, 0.2) is 18.2 Å². The number of aryl methyl sites for hydroxylation is 1. The minimum absolute atomic E-state index is 0. The van der Waals surface area contributed by atoms with E-state index in [1.54, 1.807) is 19.1 Å². The summed E-state index contributed by atoms with van der Waals surface area (Å²) in [5.74, 6) is 0.241. The third-order valence-electron chi connectivity index (χ3n) is 2.00. The van der Waals surface area contributed by atoms with Crippen molar-refractivity contribution in [3.63, 3.8) is 0 Å². The zero-order valence-electron chi connectivity index (χ0n) is 10.3. The zero-order chi connectivity index (χ0) is 11.6.